The summed E-state index contributed by atoms with van der Waals surface area (Å²) in [5.41, 5.74) is 1.45. The Morgan fingerprint density at radius 3 is 2.36 bits per heavy atom. The van der Waals surface area contributed by atoms with Gasteiger partial charge in [-0.25, -0.2) is 12.8 Å². The fourth-order valence-corrected chi connectivity index (χ4v) is 4.40. The number of fused-ring (bicyclic) bond motifs is 1. The molecule has 4 rings (SSSR count). The van der Waals surface area contributed by atoms with E-state index in [-0.39, 0.29) is 9.79 Å². The molecule has 0 fully saturated rings. The van der Waals surface area contributed by atoms with Gasteiger partial charge in [0.2, 0.25) is 9.84 Å². The maximum absolute atomic E-state index is 13.2. The van der Waals surface area contributed by atoms with E-state index in [0.717, 1.165) is 17.7 Å². The predicted molar refractivity (Wildman–Crippen MR) is 104 cm³/mol. The van der Waals surface area contributed by atoms with E-state index in [9.17, 15) is 12.8 Å². The van der Waals surface area contributed by atoms with Crippen LogP contribution in [0.5, 0.6) is 5.75 Å². The van der Waals surface area contributed by atoms with Crippen molar-refractivity contribution in [3.05, 3.63) is 96.4 Å². The normalized spacial score (nSPS) is 11.5. The molecule has 1 heterocycles. The lowest BCUT2D eigenvalue weighted by molar-refractivity contribution is 0.309. The third kappa shape index (κ3) is 3.46. The van der Waals surface area contributed by atoms with Crippen molar-refractivity contribution in [2.75, 3.05) is 0 Å². The Morgan fingerprint density at radius 2 is 1.61 bits per heavy atom. The van der Waals surface area contributed by atoms with Gasteiger partial charge < -0.3 is 4.74 Å². The number of benzene rings is 3. The minimum Gasteiger partial charge on any atom is -0.487 e. The second-order valence-corrected chi connectivity index (χ2v) is 8.11. The van der Waals surface area contributed by atoms with Gasteiger partial charge >= 0.3 is 0 Å². The van der Waals surface area contributed by atoms with Crippen molar-refractivity contribution in [1.82, 2.24) is 4.98 Å². The molecule has 3 aromatic carbocycles. The first kappa shape index (κ1) is 18.1. The standard InChI is InChI=1S/C22H16FNO3S/c23-17-8-10-18(11-9-17)28(25,26)21-13-12-20(22-19(21)7-4-14-24-22)27-15-16-5-2-1-3-6-16/h1-14H,15H2. The number of halogens is 1. The molecule has 0 spiro atoms. The minimum atomic E-state index is -3.83. The molecule has 6 heteroatoms. The van der Waals surface area contributed by atoms with Crippen LogP contribution in [0.4, 0.5) is 4.39 Å². The van der Waals surface area contributed by atoms with Crippen molar-refractivity contribution >= 4 is 20.7 Å². The van der Waals surface area contributed by atoms with Crippen LogP contribution in [-0.2, 0) is 16.4 Å². The summed E-state index contributed by atoms with van der Waals surface area (Å²) in [6, 6.07) is 20.9. The van der Waals surface area contributed by atoms with Gasteiger partial charge in [0.15, 0.2) is 0 Å². The summed E-state index contributed by atoms with van der Waals surface area (Å²) in [4.78, 5) is 4.46. The zero-order valence-corrected chi connectivity index (χ0v) is 15.6. The van der Waals surface area contributed by atoms with Gasteiger partial charge in [-0.3, -0.25) is 4.98 Å². The van der Waals surface area contributed by atoms with E-state index >= 15 is 0 Å². The molecule has 4 nitrogen and oxygen atoms in total. The number of pyridine rings is 1. The predicted octanol–water partition coefficient (Wildman–Crippen LogP) is 4.79. The van der Waals surface area contributed by atoms with Crippen molar-refractivity contribution in [2.24, 2.45) is 0 Å². The Kier molecular flexibility index (Phi) is 4.79. The van der Waals surface area contributed by atoms with Crippen LogP contribution in [0.25, 0.3) is 10.9 Å². The molecular weight excluding hydrogens is 377 g/mol. The van der Waals surface area contributed by atoms with E-state index in [1.54, 1.807) is 24.4 Å². The van der Waals surface area contributed by atoms with Crippen LogP contribution < -0.4 is 4.74 Å². The lowest BCUT2D eigenvalue weighted by Gasteiger charge is -2.12. The van der Waals surface area contributed by atoms with Gasteiger partial charge in [-0.15, -0.1) is 0 Å². The first-order valence-electron chi connectivity index (χ1n) is 8.61. The number of sulfone groups is 1. The lowest BCUT2D eigenvalue weighted by Crippen LogP contribution is -2.04. The van der Waals surface area contributed by atoms with Gasteiger partial charge in [-0.2, -0.15) is 0 Å². The Balaban J connectivity index is 1.76. The lowest BCUT2D eigenvalue weighted by atomic mass is 10.2. The molecule has 0 radical (unpaired) electrons. The number of ether oxygens (including phenoxy) is 1. The Hall–Kier alpha value is -3.25. The zero-order valence-electron chi connectivity index (χ0n) is 14.7. The summed E-state index contributed by atoms with van der Waals surface area (Å²) in [6.07, 6.45) is 1.59. The van der Waals surface area contributed by atoms with Crippen molar-refractivity contribution in [3.8, 4) is 5.75 Å². The quantitative estimate of drug-likeness (QED) is 0.458. The summed E-state index contributed by atoms with van der Waals surface area (Å²) in [5, 5.41) is 0.456. The number of nitrogens with zero attached hydrogens (tertiary/aromatic N) is 1. The third-order valence-electron chi connectivity index (χ3n) is 4.34. The maximum Gasteiger partial charge on any atom is 0.207 e. The summed E-state index contributed by atoms with van der Waals surface area (Å²) < 4.78 is 45.2. The van der Waals surface area contributed by atoms with Gasteiger partial charge in [0, 0.05) is 11.6 Å². The molecule has 0 aliphatic rings. The van der Waals surface area contributed by atoms with E-state index in [0.29, 0.717) is 23.3 Å². The first-order chi connectivity index (χ1) is 13.6. The minimum absolute atomic E-state index is 0.0250. The Bertz CT molecular complexity index is 1220. The van der Waals surface area contributed by atoms with Crippen molar-refractivity contribution in [2.45, 2.75) is 16.4 Å². The number of aromatic nitrogens is 1. The summed E-state index contributed by atoms with van der Waals surface area (Å²) in [7, 11) is -3.83. The van der Waals surface area contributed by atoms with Gasteiger partial charge in [0.1, 0.15) is 23.7 Å². The summed E-state index contributed by atoms with van der Waals surface area (Å²) >= 11 is 0. The monoisotopic (exact) mass is 393 g/mol. The van der Waals surface area contributed by atoms with Gasteiger partial charge in [0.25, 0.3) is 0 Å². The SMILES string of the molecule is O=S(=O)(c1ccc(F)cc1)c1ccc(OCc2ccccc2)c2ncccc12. The largest absolute Gasteiger partial charge is 0.487 e. The average molecular weight is 393 g/mol. The van der Waals surface area contributed by atoms with Crippen LogP contribution in [-0.4, -0.2) is 13.4 Å². The molecule has 0 aliphatic heterocycles. The summed E-state index contributed by atoms with van der Waals surface area (Å²) in [5.74, 6) is 0.00708. The molecule has 0 saturated carbocycles. The van der Waals surface area contributed by atoms with Gasteiger partial charge in [-0.1, -0.05) is 30.3 Å². The third-order valence-corrected chi connectivity index (χ3v) is 6.17. The van der Waals surface area contributed by atoms with E-state index in [4.69, 9.17) is 4.74 Å². The van der Waals surface area contributed by atoms with E-state index < -0.39 is 15.7 Å². The number of hydrogen-bond acceptors (Lipinski definition) is 4. The molecule has 0 unspecified atom stereocenters. The van der Waals surface area contributed by atoms with E-state index in [1.807, 2.05) is 30.3 Å². The van der Waals surface area contributed by atoms with Crippen LogP contribution in [0.2, 0.25) is 0 Å². The van der Waals surface area contributed by atoms with Crippen LogP contribution in [0.3, 0.4) is 0 Å². The molecule has 28 heavy (non-hydrogen) atoms. The fraction of sp³-hybridized carbons (Fsp3) is 0.0455. The summed E-state index contributed by atoms with van der Waals surface area (Å²) in [6.45, 7) is 0.344. The molecular formula is C22H16FNO3S. The highest BCUT2D eigenvalue weighted by Crippen LogP contribution is 2.33. The molecule has 1 aromatic heterocycles. The second-order valence-electron chi connectivity index (χ2n) is 6.19. The Labute approximate surface area is 162 Å². The van der Waals surface area contributed by atoms with Crippen LogP contribution in [0.15, 0.2) is 94.9 Å². The second kappa shape index (κ2) is 7.40. The first-order valence-corrected chi connectivity index (χ1v) is 10.1. The number of hydrogen-bond donors (Lipinski definition) is 0. The smallest absolute Gasteiger partial charge is 0.207 e. The highest BCUT2D eigenvalue weighted by Gasteiger charge is 2.22. The molecule has 0 N–H and O–H groups in total. The fourth-order valence-electron chi connectivity index (χ4n) is 2.95. The molecule has 4 aromatic rings. The number of rotatable bonds is 5. The maximum atomic E-state index is 13.2. The Morgan fingerprint density at radius 1 is 0.857 bits per heavy atom. The average Bonchev–Trinajstić information content (AvgIpc) is 2.73. The topological polar surface area (TPSA) is 56.3 Å². The molecule has 0 amide bonds. The van der Waals surface area contributed by atoms with Crippen LogP contribution >= 0.6 is 0 Å². The molecule has 0 bridgehead atoms. The molecule has 0 aliphatic carbocycles. The van der Waals surface area contributed by atoms with Crippen molar-refractivity contribution < 1.29 is 17.5 Å². The van der Waals surface area contributed by atoms with Gasteiger partial charge in [-0.05, 0) is 54.1 Å². The van der Waals surface area contributed by atoms with E-state index in [1.165, 1.54) is 18.2 Å². The highest BCUT2D eigenvalue weighted by molar-refractivity contribution is 7.91. The van der Waals surface area contributed by atoms with Crippen LogP contribution in [0, 0.1) is 5.82 Å². The van der Waals surface area contributed by atoms with Crippen molar-refractivity contribution in [1.29, 1.82) is 0 Å². The van der Waals surface area contributed by atoms with Gasteiger partial charge in [0.05, 0.1) is 9.79 Å². The highest BCUT2D eigenvalue weighted by atomic mass is 32.2. The molecule has 140 valence electrons. The van der Waals surface area contributed by atoms with Crippen molar-refractivity contribution in [3.63, 3.8) is 0 Å². The molecule has 0 saturated heterocycles. The van der Waals surface area contributed by atoms with E-state index in [2.05, 4.69) is 4.98 Å². The zero-order chi connectivity index (χ0) is 19.6. The molecule has 0 atom stereocenters. The van der Waals surface area contributed by atoms with Crippen LogP contribution in [0.1, 0.15) is 5.56 Å².